The van der Waals surface area contributed by atoms with E-state index in [0.29, 0.717) is 22.2 Å². The number of aromatic nitrogens is 1. The van der Waals surface area contributed by atoms with Gasteiger partial charge in [0.2, 0.25) is 12.7 Å². The van der Waals surface area contributed by atoms with Crippen LogP contribution in [0.5, 0.6) is 11.5 Å². The molecule has 0 saturated carbocycles. The van der Waals surface area contributed by atoms with Crippen LogP contribution in [0.1, 0.15) is 45.3 Å². The molecule has 1 atom stereocenters. The normalized spacial score (nSPS) is 16.4. The number of amides is 2. The van der Waals surface area contributed by atoms with Crippen LogP contribution in [0.2, 0.25) is 0 Å². The maximum absolute atomic E-state index is 13.1. The van der Waals surface area contributed by atoms with Crippen LogP contribution in [0.15, 0.2) is 40.9 Å². The van der Waals surface area contributed by atoms with Gasteiger partial charge in [0.25, 0.3) is 5.91 Å². The summed E-state index contributed by atoms with van der Waals surface area (Å²) in [4.78, 5) is 31.5. The van der Waals surface area contributed by atoms with E-state index in [4.69, 9.17) is 9.47 Å². The average molecular weight is 514 g/mol. The molecular weight excluding hydrogens is 494 g/mol. The zero-order valence-corrected chi connectivity index (χ0v) is 19.6. The number of benzene rings is 2. The van der Waals surface area contributed by atoms with Gasteiger partial charge in [-0.05, 0) is 68.1 Å². The molecule has 2 amide bonds. The van der Waals surface area contributed by atoms with E-state index in [2.05, 4.69) is 31.5 Å². The van der Waals surface area contributed by atoms with E-state index < -0.39 is 0 Å². The summed E-state index contributed by atoms with van der Waals surface area (Å²) < 4.78 is 11.6. The van der Waals surface area contributed by atoms with Crippen molar-refractivity contribution >= 4 is 49.9 Å². The largest absolute Gasteiger partial charge is 0.454 e. The number of fused-ring (bicyclic) bond motifs is 2. The lowest BCUT2D eigenvalue weighted by molar-refractivity contribution is -0.118. The van der Waals surface area contributed by atoms with Gasteiger partial charge in [0.1, 0.15) is 0 Å². The molecule has 0 fully saturated rings. The Balaban J connectivity index is 1.33. The number of hydrogen-bond donors (Lipinski definition) is 2. The zero-order chi connectivity index (χ0) is 22.2. The molecule has 164 valence electrons. The van der Waals surface area contributed by atoms with Crippen molar-refractivity contribution in [1.29, 1.82) is 0 Å². The predicted octanol–water partition coefficient (Wildman–Crippen LogP) is 5.25. The van der Waals surface area contributed by atoms with Crippen molar-refractivity contribution in [3.8, 4) is 11.5 Å². The van der Waals surface area contributed by atoms with E-state index in [1.807, 2.05) is 25.1 Å². The van der Waals surface area contributed by atoms with Crippen LogP contribution in [0, 0.1) is 6.92 Å². The summed E-state index contributed by atoms with van der Waals surface area (Å²) in [6.45, 7) is 2.11. The van der Waals surface area contributed by atoms with Crippen LogP contribution in [0.4, 0.5) is 10.8 Å². The molecule has 1 aliphatic carbocycles. The lowest BCUT2D eigenvalue weighted by atomic mass is 9.90. The van der Waals surface area contributed by atoms with Crippen molar-refractivity contribution in [2.75, 3.05) is 17.4 Å². The van der Waals surface area contributed by atoms with Gasteiger partial charge in [-0.25, -0.2) is 4.98 Å². The van der Waals surface area contributed by atoms with Gasteiger partial charge in [-0.3, -0.25) is 14.9 Å². The van der Waals surface area contributed by atoms with Gasteiger partial charge in [0, 0.05) is 20.6 Å². The Morgan fingerprint density at radius 3 is 2.81 bits per heavy atom. The monoisotopic (exact) mass is 513 g/mol. The number of halogens is 1. The zero-order valence-electron chi connectivity index (χ0n) is 17.2. The number of anilines is 2. The molecule has 3 aromatic rings. The lowest BCUT2D eigenvalue weighted by Gasteiger charge is -2.21. The SMILES string of the molecule is Cc1cc(Br)ccc1NC(=O)C1CCCc2sc(NC(=O)c3ccc4c(c3)OCO4)nc21. The van der Waals surface area contributed by atoms with Crippen LogP contribution >= 0.6 is 27.3 Å². The summed E-state index contributed by atoms with van der Waals surface area (Å²) in [6.07, 6.45) is 2.49. The summed E-state index contributed by atoms with van der Waals surface area (Å²) in [7, 11) is 0. The third kappa shape index (κ3) is 4.10. The summed E-state index contributed by atoms with van der Waals surface area (Å²) in [5, 5.41) is 6.40. The minimum absolute atomic E-state index is 0.0738. The quantitative estimate of drug-likeness (QED) is 0.496. The van der Waals surface area contributed by atoms with E-state index in [-0.39, 0.29) is 24.5 Å². The fraction of sp³-hybridized carbons (Fsp3) is 0.261. The predicted molar refractivity (Wildman–Crippen MR) is 126 cm³/mol. The van der Waals surface area contributed by atoms with Gasteiger partial charge in [-0.15, -0.1) is 11.3 Å². The van der Waals surface area contributed by atoms with Crippen molar-refractivity contribution in [1.82, 2.24) is 4.98 Å². The van der Waals surface area contributed by atoms with Gasteiger partial charge in [0.15, 0.2) is 16.6 Å². The molecule has 1 unspecified atom stereocenters. The number of ether oxygens (including phenoxy) is 2. The van der Waals surface area contributed by atoms with E-state index in [1.165, 1.54) is 11.3 Å². The van der Waals surface area contributed by atoms with E-state index >= 15 is 0 Å². The standard InChI is InChI=1S/C23H20BrN3O4S/c1-12-9-14(24)6-7-16(12)25-22(29)15-3-2-4-19-20(15)26-23(32-19)27-21(28)13-5-8-17-18(10-13)31-11-30-17/h5-10,15H,2-4,11H2,1H3,(H,25,29)(H,26,27,28). The first-order chi connectivity index (χ1) is 15.5. The summed E-state index contributed by atoms with van der Waals surface area (Å²) in [5.74, 6) is 0.489. The number of carbonyl (C=O) groups excluding carboxylic acids is 2. The topological polar surface area (TPSA) is 89.6 Å². The van der Waals surface area contributed by atoms with Crippen molar-refractivity contribution in [2.45, 2.75) is 32.1 Å². The molecule has 2 aliphatic rings. The Labute approximate surface area is 197 Å². The fourth-order valence-electron chi connectivity index (χ4n) is 3.92. The molecule has 1 aromatic heterocycles. The molecule has 0 radical (unpaired) electrons. The number of thiazole rings is 1. The number of rotatable bonds is 4. The highest BCUT2D eigenvalue weighted by atomic mass is 79.9. The van der Waals surface area contributed by atoms with Crippen molar-refractivity contribution in [3.05, 3.63) is 62.6 Å². The summed E-state index contributed by atoms with van der Waals surface area (Å²) >= 11 is 4.88. The molecule has 2 N–H and O–H groups in total. The van der Waals surface area contributed by atoms with Gasteiger partial charge in [-0.2, -0.15) is 0 Å². The van der Waals surface area contributed by atoms with Gasteiger partial charge < -0.3 is 14.8 Å². The summed E-state index contributed by atoms with van der Waals surface area (Å²) in [5.41, 5.74) is 2.99. The van der Waals surface area contributed by atoms with Gasteiger partial charge >= 0.3 is 0 Å². The van der Waals surface area contributed by atoms with E-state index in [1.54, 1.807) is 18.2 Å². The number of carbonyl (C=O) groups is 2. The Bertz CT molecular complexity index is 1230. The first kappa shape index (κ1) is 21.0. The Hall–Kier alpha value is -2.91. The smallest absolute Gasteiger partial charge is 0.257 e. The molecule has 0 saturated heterocycles. The average Bonchev–Trinajstić information content (AvgIpc) is 3.40. The van der Waals surface area contributed by atoms with Crippen LogP contribution < -0.4 is 20.1 Å². The highest BCUT2D eigenvalue weighted by Gasteiger charge is 2.31. The molecule has 1 aliphatic heterocycles. The minimum atomic E-state index is -0.339. The number of nitrogens with zero attached hydrogens (tertiary/aromatic N) is 1. The molecule has 0 spiro atoms. The molecule has 0 bridgehead atoms. The second-order valence-electron chi connectivity index (χ2n) is 7.74. The van der Waals surface area contributed by atoms with Crippen molar-refractivity contribution in [3.63, 3.8) is 0 Å². The van der Waals surface area contributed by atoms with Crippen LogP contribution in [0.3, 0.4) is 0 Å². The molecule has 9 heteroatoms. The maximum atomic E-state index is 13.1. The van der Waals surface area contributed by atoms with Crippen molar-refractivity contribution < 1.29 is 19.1 Å². The first-order valence-electron chi connectivity index (χ1n) is 10.3. The highest BCUT2D eigenvalue weighted by Crippen LogP contribution is 2.38. The first-order valence-corrected chi connectivity index (χ1v) is 11.9. The number of hydrogen-bond acceptors (Lipinski definition) is 6. The molecule has 2 aromatic carbocycles. The van der Waals surface area contributed by atoms with Gasteiger partial charge in [-0.1, -0.05) is 15.9 Å². The molecule has 7 nitrogen and oxygen atoms in total. The van der Waals surface area contributed by atoms with E-state index in [0.717, 1.165) is 45.6 Å². The second kappa shape index (κ2) is 8.55. The molecule has 32 heavy (non-hydrogen) atoms. The third-order valence-electron chi connectivity index (χ3n) is 5.57. The molecular formula is C23H20BrN3O4S. The van der Waals surface area contributed by atoms with Crippen LogP contribution in [0.25, 0.3) is 0 Å². The van der Waals surface area contributed by atoms with Gasteiger partial charge in [0.05, 0.1) is 11.6 Å². The Morgan fingerprint density at radius 2 is 1.97 bits per heavy atom. The fourth-order valence-corrected chi connectivity index (χ4v) is 5.46. The Kier molecular flexibility index (Phi) is 5.60. The number of aryl methyl sites for hydroxylation is 2. The minimum Gasteiger partial charge on any atom is -0.454 e. The molecule has 2 heterocycles. The third-order valence-corrected chi connectivity index (χ3v) is 7.11. The lowest BCUT2D eigenvalue weighted by Crippen LogP contribution is -2.25. The second-order valence-corrected chi connectivity index (χ2v) is 9.74. The maximum Gasteiger partial charge on any atom is 0.257 e. The number of nitrogens with one attached hydrogen (secondary N) is 2. The Morgan fingerprint density at radius 1 is 1.12 bits per heavy atom. The van der Waals surface area contributed by atoms with Crippen molar-refractivity contribution in [2.24, 2.45) is 0 Å². The van der Waals surface area contributed by atoms with Crippen LogP contribution in [-0.4, -0.2) is 23.6 Å². The van der Waals surface area contributed by atoms with Crippen LogP contribution in [-0.2, 0) is 11.2 Å². The molecule has 5 rings (SSSR count). The highest BCUT2D eigenvalue weighted by molar-refractivity contribution is 9.10. The summed E-state index contributed by atoms with van der Waals surface area (Å²) in [6, 6.07) is 10.8. The van der Waals surface area contributed by atoms with E-state index in [9.17, 15) is 9.59 Å².